The summed E-state index contributed by atoms with van der Waals surface area (Å²) in [5, 5.41) is 18.7. The Labute approximate surface area is 118 Å². The van der Waals surface area contributed by atoms with Gasteiger partial charge in [-0.05, 0) is 38.8 Å². The van der Waals surface area contributed by atoms with Crippen LogP contribution in [0.15, 0.2) is 12.1 Å². The number of nitrogens with zero attached hydrogens (tertiary/aromatic N) is 1. The number of carbonyl (C=O) groups is 2. The van der Waals surface area contributed by atoms with Gasteiger partial charge in [0, 0.05) is 7.05 Å². The van der Waals surface area contributed by atoms with Crippen molar-refractivity contribution < 1.29 is 19.8 Å². The van der Waals surface area contributed by atoms with Gasteiger partial charge in [-0.2, -0.15) is 0 Å². The van der Waals surface area contributed by atoms with Crippen molar-refractivity contribution in [2.45, 2.75) is 33.2 Å². The van der Waals surface area contributed by atoms with Crippen LogP contribution in [0.5, 0.6) is 0 Å². The fraction of sp³-hybridized carbons (Fsp3) is 0.467. The van der Waals surface area contributed by atoms with Crippen molar-refractivity contribution in [2.24, 2.45) is 0 Å². The number of carboxylic acids is 1. The van der Waals surface area contributed by atoms with Crippen LogP contribution >= 0.6 is 0 Å². The average Bonchev–Trinajstić information content (AvgIpc) is 2.38. The molecule has 20 heavy (non-hydrogen) atoms. The largest absolute Gasteiger partial charge is 0.478 e. The van der Waals surface area contributed by atoms with Crippen LogP contribution in [-0.4, -0.2) is 46.2 Å². The fourth-order valence-corrected chi connectivity index (χ4v) is 1.91. The highest BCUT2D eigenvalue weighted by Crippen LogP contribution is 2.23. The van der Waals surface area contributed by atoms with Crippen LogP contribution in [0.1, 0.15) is 45.7 Å². The van der Waals surface area contributed by atoms with Crippen LogP contribution in [-0.2, 0) is 0 Å². The van der Waals surface area contributed by atoms with Crippen LogP contribution in [0.3, 0.4) is 0 Å². The second kappa shape index (κ2) is 5.63. The first kappa shape index (κ1) is 16.2. The Morgan fingerprint density at radius 3 is 2.00 bits per heavy atom. The lowest BCUT2D eigenvalue weighted by Gasteiger charge is -2.34. The molecule has 2 N–H and O–H groups in total. The Hall–Kier alpha value is -1.88. The van der Waals surface area contributed by atoms with E-state index in [1.807, 2.05) is 0 Å². The Balaban J connectivity index is 3.43. The second-order valence-electron chi connectivity index (χ2n) is 5.59. The molecule has 0 atom stereocenters. The van der Waals surface area contributed by atoms with E-state index in [4.69, 9.17) is 0 Å². The van der Waals surface area contributed by atoms with E-state index in [0.29, 0.717) is 11.1 Å². The van der Waals surface area contributed by atoms with Crippen molar-refractivity contribution in [3.63, 3.8) is 0 Å². The molecule has 1 aromatic rings. The van der Waals surface area contributed by atoms with E-state index in [1.54, 1.807) is 46.9 Å². The van der Waals surface area contributed by atoms with E-state index in [0.717, 1.165) is 0 Å². The zero-order valence-electron chi connectivity index (χ0n) is 12.5. The topological polar surface area (TPSA) is 77.8 Å². The number of amides is 1. The first-order chi connectivity index (χ1) is 9.13. The van der Waals surface area contributed by atoms with Crippen molar-refractivity contribution in [1.29, 1.82) is 0 Å². The predicted octanol–water partition coefficient (Wildman–Crippen LogP) is 1.84. The summed E-state index contributed by atoms with van der Waals surface area (Å²) >= 11 is 0. The van der Waals surface area contributed by atoms with E-state index in [-0.39, 0.29) is 17.7 Å². The molecule has 1 amide bonds. The van der Waals surface area contributed by atoms with Crippen molar-refractivity contribution >= 4 is 11.9 Å². The van der Waals surface area contributed by atoms with Gasteiger partial charge >= 0.3 is 5.97 Å². The number of hydrogen-bond donors (Lipinski definition) is 2. The molecule has 0 radical (unpaired) electrons. The molecule has 110 valence electrons. The summed E-state index contributed by atoms with van der Waals surface area (Å²) in [7, 11) is 1.56. The molecule has 0 aliphatic rings. The number of hydrogen-bond acceptors (Lipinski definition) is 3. The fourth-order valence-electron chi connectivity index (χ4n) is 1.91. The summed E-state index contributed by atoms with van der Waals surface area (Å²) in [5.41, 5.74) is 0.598. The average molecular weight is 279 g/mol. The first-order valence-electron chi connectivity index (χ1n) is 6.36. The Kier molecular flexibility index (Phi) is 4.55. The lowest BCUT2D eigenvalue weighted by molar-refractivity contribution is 0.0465. The normalized spacial score (nSPS) is 11.3. The molecule has 0 heterocycles. The molecule has 0 spiro atoms. The van der Waals surface area contributed by atoms with E-state index in [9.17, 15) is 19.8 Å². The standard InChI is InChI=1S/C15H21NO4/c1-9-6-7-10(2)12(14(19)20)11(9)13(18)16(5)15(3,4)8-17/h6-7,17H,8H2,1-5H3,(H,19,20). The molecule has 0 saturated carbocycles. The summed E-state index contributed by atoms with van der Waals surface area (Å²) in [6, 6.07) is 3.42. The second-order valence-corrected chi connectivity index (χ2v) is 5.59. The van der Waals surface area contributed by atoms with Gasteiger partial charge in [0.15, 0.2) is 0 Å². The van der Waals surface area contributed by atoms with Gasteiger partial charge in [-0.25, -0.2) is 4.79 Å². The number of carboxylic acid groups (broad SMARTS) is 1. The van der Waals surface area contributed by atoms with E-state index in [2.05, 4.69) is 0 Å². The van der Waals surface area contributed by atoms with Crippen LogP contribution < -0.4 is 0 Å². The molecule has 0 saturated heterocycles. The minimum Gasteiger partial charge on any atom is -0.478 e. The number of rotatable bonds is 4. The van der Waals surface area contributed by atoms with Gasteiger partial charge in [-0.1, -0.05) is 12.1 Å². The molecular formula is C15H21NO4. The van der Waals surface area contributed by atoms with Gasteiger partial charge in [0.05, 0.1) is 23.3 Å². The number of benzene rings is 1. The maximum absolute atomic E-state index is 12.6. The van der Waals surface area contributed by atoms with Gasteiger partial charge in [-0.15, -0.1) is 0 Å². The Bertz CT molecular complexity index is 549. The molecule has 5 heteroatoms. The van der Waals surface area contributed by atoms with Crippen LogP contribution in [0.4, 0.5) is 0 Å². The first-order valence-corrected chi connectivity index (χ1v) is 6.36. The number of carbonyl (C=O) groups excluding carboxylic acids is 1. The molecule has 1 rings (SSSR count). The van der Waals surface area contributed by atoms with Crippen molar-refractivity contribution in [3.8, 4) is 0 Å². The highest BCUT2D eigenvalue weighted by Gasteiger charge is 2.31. The zero-order valence-corrected chi connectivity index (χ0v) is 12.5. The van der Waals surface area contributed by atoms with Gasteiger partial charge in [0.2, 0.25) is 0 Å². The molecular weight excluding hydrogens is 258 g/mol. The van der Waals surface area contributed by atoms with Crippen molar-refractivity contribution in [3.05, 3.63) is 34.4 Å². The Morgan fingerprint density at radius 2 is 1.60 bits per heavy atom. The highest BCUT2D eigenvalue weighted by atomic mass is 16.4. The molecule has 0 aliphatic carbocycles. The van der Waals surface area contributed by atoms with E-state index >= 15 is 0 Å². The smallest absolute Gasteiger partial charge is 0.336 e. The summed E-state index contributed by atoms with van der Waals surface area (Å²) in [4.78, 5) is 25.4. The maximum Gasteiger partial charge on any atom is 0.336 e. The number of aliphatic hydroxyl groups is 1. The summed E-state index contributed by atoms with van der Waals surface area (Å²) < 4.78 is 0. The van der Waals surface area contributed by atoms with E-state index < -0.39 is 17.4 Å². The molecule has 5 nitrogen and oxygen atoms in total. The summed E-state index contributed by atoms with van der Waals surface area (Å²) in [6.45, 7) is 6.60. The van der Waals surface area contributed by atoms with E-state index in [1.165, 1.54) is 4.90 Å². The molecule has 1 aromatic carbocycles. The minimum absolute atomic E-state index is 0.0237. The quantitative estimate of drug-likeness (QED) is 0.881. The Morgan fingerprint density at radius 1 is 1.15 bits per heavy atom. The number of aryl methyl sites for hydroxylation is 2. The maximum atomic E-state index is 12.6. The number of aromatic carboxylic acids is 1. The monoisotopic (exact) mass is 279 g/mol. The third-order valence-corrected chi connectivity index (χ3v) is 3.65. The number of aliphatic hydroxyl groups excluding tert-OH is 1. The third kappa shape index (κ3) is 2.82. The highest BCUT2D eigenvalue weighted by molar-refractivity contribution is 6.06. The van der Waals surface area contributed by atoms with Gasteiger partial charge in [0.25, 0.3) is 5.91 Å². The molecule has 0 aromatic heterocycles. The molecule has 0 fully saturated rings. The SMILES string of the molecule is Cc1ccc(C)c(C(=O)N(C)C(C)(C)CO)c1C(=O)O. The summed E-state index contributed by atoms with van der Waals surface area (Å²) in [6.07, 6.45) is 0. The third-order valence-electron chi connectivity index (χ3n) is 3.65. The van der Waals surface area contributed by atoms with Gasteiger partial charge < -0.3 is 15.1 Å². The number of likely N-dealkylation sites (N-methyl/N-ethyl adjacent to an activating group) is 1. The molecule has 0 aliphatic heterocycles. The minimum atomic E-state index is -1.12. The molecule has 0 unspecified atom stereocenters. The van der Waals surface area contributed by atoms with Crippen molar-refractivity contribution in [1.82, 2.24) is 4.90 Å². The van der Waals surface area contributed by atoms with Crippen LogP contribution in [0.2, 0.25) is 0 Å². The van der Waals surface area contributed by atoms with Gasteiger partial charge in [-0.3, -0.25) is 4.79 Å². The lowest BCUT2D eigenvalue weighted by Crippen LogP contribution is -2.48. The van der Waals surface area contributed by atoms with Crippen molar-refractivity contribution in [2.75, 3.05) is 13.7 Å². The lowest BCUT2D eigenvalue weighted by atomic mass is 9.94. The zero-order chi connectivity index (χ0) is 15.7. The molecule has 0 bridgehead atoms. The summed E-state index contributed by atoms with van der Waals surface area (Å²) in [5.74, 6) is -1.52. The van der Waals surface area contributed by atoms with Gasteiger partial charge in [0.1, 0.15) is 0 Å². The van der Waals surface area contributed by atoms with Crippen LogP contribution in [0.25, 0.3) is 0 Å². The predicted molar refractivity (Wildman–Crippen MR) is 76.1 cm³/mol. The van der Waals surface area contributed by atoms with Crippen LogP contribution in [0, 0.1) is 13.8 Å².